The van der Waals surface area contributed by atoms with Gasteiger partial charge in [0.25, 0.3) is 0 Å². The first-order valence-electron chi connectivity index (χ1n) is 8.87. The van der Waals surface area contributed by atoms with E-state index >= 15 is 0 Å². The summed E-state index contributed by atoms with van der Waals surface area (Å²) in [4.78, 5) is 4.09. The topological polar surface area (TPSA) is 64.0 Å². The fourth-order valence-electron chi connectivity index (χ4n) is 3.28. The zero-order chi connectivity index (χ0) is 21.5. The summed E-state index contributed by atoms with van der Waals surface area (Å²) in [5, 5.41) is 0.650. The van der Waals surface area contributed by atoms with E-state index in [1.165, 1.54) is 25.2 Å². The van der Waals surface area contributed by atoms with E-state index in [0.29, 0.717) is 16.6 Å². The minimum atomic E-state index is -4.42. The van der Waals surface area contributed by atoms with Gasteiger partial charge in [-0.3, -0.25) is 4.98 Å². The van der Waals surface area contributed by atoms with Crippen LogP contribution < -0.4 is 4.72 Å². The monoisotopic (exact) mass is 431 g/mol. The van der Waals surface area contributed by atoms with Gasteiger partial charge in [0.2, 0.25) is 10.0 Å². The molecule has 5 nitrogen and oxygen atoms in total. The first kappa shape index (κ1) is 20.1. The Balaban J connectivity index is 1.95. The maximum atomic E-state index is 12.9. The zero-order valence-corrected chi connectivity index (χ0v) is 16.5. The molecule has 0 spiro atoms. The Kier molecular flexibility index (Phi) is 4.87. The lowest BCUT2D eigenvalue weighted by atomic mass is 10.1. The molecule has 2 aromatic heterocycles. The van der Waals surface area contributed by atoms with Crippen molar-refractivity contribution >= 4 is 20.9 Å². The van der Waals surface area contributed by atoms with Crippen LogP contribution in [0.4, 0.5) is 13.2 Å². The van der Waals surface area contributed by atoms with Crippen LogP contribution in [0.25, 0.3) is 27.7 Å². The lowest BCUT2D eigenvalue weighted by Crippen LogP contribution is -2.18. The standard InChI is InChI=1S/C21H16F3N3O2S/c1-25-30(28,29)17-6-7-20-18(12-17)19(14-8-10-26-11-9-14)13-27(20)16-4-2-15(3-5-16)21(22,23)24/h2-13,25H,1H3. The van der Waals surface area contributed by atoms with Gasteiger partial charge in [0, 0.05) is 35.2 Å². The fourth-order valence-corrected chi connectivity index (χ4v) is 4.04. The highest BCUT2D eigenvalue weighted by molar-refractivity contribution is 7.89. The number of sulfonamides is 1. The van der Waals surface area contributed by atoms with Crippen LogP contribution in [-0.4, -0.2) is 25.0 Å². The van der Waals surface area contributed by atoms with Crippen molar-refractivity contribution in [3.63, 3.8) is 0 Å². The van der Waals surface area contributed by atoms with Gasteiger partial charge in [-0.1, -0.05) is 0 Å². The quantitative estimate of drug-likeness (QED) is 0.513. The summed E-state index contributed by atoms with van der Waals surface area (Å²) in [6.45, 7) is 0. The van der Waals surface area contributed by atoms with Crippen LogP contribution in [-0.2, 0) is 16.2 Å². The number of aromatic nitrogens is 2. The zero-order valence-electron chi connectivity index (χ0n) is 15.7. The second-order valence-electron chi connectivity index (χ2n) is 6.58. The predicted molar refractivity (Wildman–Crippen MR) is 108 cm³/mol. The van der Waals surface area contributed by atoms with Gasteiger partial charge >= 0.3 is 6.18 Å². The molecule has 0 amide bonds. The van der Waals surface area contributed by atoms with Crippen molar-refractivity contribution in [2.24, 2.45) is 0 Å². The molecule has 0 aliphatic rings. The van der Waals surface area contributed by atoms with Crippen LogP contribution >= 0.6 is 0 Å². The molecule has 0 atom stereocenters. The number of fused-ring (bicyclic) bond motifs is 1. The third-order valence-electron chi connectivity index (χ3n) is 4.82. The number of rotatable bonds is 4. The van der Waals surface area contributed by atoms with E-state index in [1.807, 2.05) is 0 Å². The first-order valence-corrected chi connectivity index (χ1v) is 10.4. The highest BCUT2D eigenvalue weighted by atomic mass is 32.2. The minimum absolute atomic E-state index is 0.0953. The van der Waals surface area contributed by atoms with Crippen LogP contribution in [0, 0.1) is 0 Å². The lowest BCUT2D eigenvalue weighted by Gasteiger charge is -2.09. The Bertz CT molecular complexity index is 1310. The van der Waals surface area contributed by atoms with Gasteiger partial charge in [0.1, 0.15) is 0 Å². The number of nitrogens with one attached hydrogen (secondary N) is 1. The lowest BCUT2D eigenvalue weighted by molar-refractivity contribution is -0.137. The number of hydrogen-bond acceptors (Lipinski definition) is 3. The van der Waals surface area contributed by atoms with Crippen LogP contribution in [0.3, 0.4) is 0 Å². The number of benzene rings is 2. The summed E-state index contributed by atoms with van der Waals surface area (Å²) in [5.41, 5.74) is 1.99. The second kappa shape index (κ2) is 7.26. The molecule has 154 valence electrons. The smallest absolute Gasteiger partial charge is 0.316 e. The number of hydrogen-bond donors (Lipinski definition) is 1. The van der Waals surface area contributed by atoms with Crippen molar-refractivity contribution in [1.29, 1.82) is 0 Å². The summed E-state index contributed by atoms with van der Waals surface area (Å²) in [7, 11) is -2.33. The Morgan fingerprint density at radius 3 is 2.23 bits per heavy atom. The molecule has 0 aliphatic carbocycles. The SMILES string of the molecule is CNS(=O)(=O)c1ccc2c(c1)c(-c1ccncc1)cn2-c1ccc(C(F)(F)F)cc1. The normalized spacial score (nSPS) is 12.4. The molecule has 1 N–H and O–H groups in total. The molecule has 2 heterocycles. The van der Waals surface area contributed by atoms with Crippen LogP contribution in [0.5, 0.6) is 0 Å². The molecule has 9 heteroatoms. The molecule has 0 bridgehead atoms. The third-order valence-corrected chi connectivity index (χ3v) is 6.23. The van der Waals surface area contributed by atoms with E-state index in [-0.39, 0.29) is 4.90 Å². The Hall–Kier alpha value is -3.17. The molecule has 0 fully saturated rings. The molecule has 0 aliphatic heterocycles. The van der Waals surface area contributed by atoms with Crippen molar-refractivity contribution in [3.05, 3.63) is 78.8 Å². The van der Waals surface area contributed by atoms with E-state index in [9.17, 15) is 21.6 Å². The maximum Gasteiger partial charge on any atom is 0.416 e. The molecule has 4 rings (SSSR count). The van der Waals surface area contributed by atoms with E-state index in [0.717, 1.165) is 23.3 Å². The first-order chi connectivity index (χ1) is 14.2. The summed E-state index contributed by atoms with van der Waals surface area (Å²) in [5.74, 6) is 0. The molecular weight excluding hydrogens is 415 g/mol. The van der Waals surface area contributed by atoms with Gasteiger partial charge in [0.05, 0.1) is 16.0 Å². The van der Waals surface area contributed by atoms with Gasteiger partial charge in [-0.05, 0) is 67.2 Å². The summed E-state index contributed by atoms with van der Waals surface area (Å²) in [6, 6.07) is 13.0. The largest absolute Gasteiger partial charge is 0.416 e. The Morgan fingerprint density at radius 1 is 0.967 bits per heavy atom. The van der Waals surface area contributed by atoms with Crippen molar-refractivity contribution in [2.45, 2.75) is 11.1 Å². The van der Waals surface area contributed by atoms with Gasteiger partial charge in [-0.25, -0.2) is 13.1 Å². The summed E-state index contributed by atoms with van der Waals surface area (Å²) >= 11 is 0. The molecule has 0 saturated carbocycles. The highest BCUT2D eigenvalue weighted by Gasteiger charge is 2.30. The Labute approximate surface area is 170 Å². The van der Waals surface area contributed by atoms with Gasteiger partial charge in [-0.15, -0.1) is 0 Å². The van der Waals surface area contributed by atoms with Gasteiger partial charge < -0.3 is 4.57 Å². The highest BCUT2D eigenvalue weighted by Crippen LogP contribution is 2.35. The third kappa shape index (κ3) is 3.57. The van der Waals surface area contributed by atoms with Gasteiger partial charge in [0.15, 0.2) is 0 Å². The van der Waals surface area contributed by atoms with Crippen molar-refractivity contribution in [3.8, 4) is 16.8 Å². The van der Waals surface area contributed by atoms with Crippen LogP contribution in [0.2, 0.25) is 0 Å². The molecule has 4 aromatic rings. The van der Waals surface area contributed by atoms with Gasteiger partial charge in [-0.2, -0.15) is 13.2 Å². The number of halogens is 3. The van der Waals surface area contributed by atoms with Crippen LogP contribution in [0.15, 0.2) is 78.1 Å². The number of nitrogens with zero attached hydrogens (tertiary/aromatic N) is 2. The van der Waals surface area contributed by atoms with Crippen molar-refractivity contribution < 1.29 is 21.6 Å². The summed E-state index contributed by atoms with van der Waals surface area (Å²) < 4.78 is 67.3. The Morgan fingerprint density at radius 2 is 1.63 bits per heavy atom. The molecule has 30 heavy (non-hydrogen) atoms. The van der Waals surface area contributed by atoms with Crippen LogP contribution in [0.1, 0.15) is 5.56 Å². The van der Waals surface area contributed by atoms with E-state index in [1.54, 1.807) is 47.4 Å². The molecular formula is C21H16F3N3O2S. The number of alkyl halides is 3. The second-order valence-corrected chi connectivity index (χ2v) is 8.47. The average Bonchev–Trinajstić information content (AvgIpc) is 3.13. The van der Waals surface area contributed by atoms with Crippen molar-refractivity contribution in [2.75, 3.05) is 7.05 Å². The van der Waals surface area contributed by atoms with E-state index in [4.69, 9.17) is 0 Å². The summed E-state index contributed by atoms with van der Waals surface area (Å²) in [6.07, 6.45) is 0.587. The fraction of sp³-hybridized carbons (Fsp3) is 0.0952. The van der Waals surface area contributed by atoms with E-state index in [2.05, 4.69) is 9.71 Å². The minimum Gasteiger partial charge on any atom is -0.316 e. The number of pyridine rings is 1. The predicted octanol–water partition coefficient (Wildman–Crippen LogP) is 4.62. The molecule has 2 aromatic carbocycles. The molecule has 0 saturated heterocycles. The maximum absolute atomic E-state index is 12.9. The van der Waals surface area contributed by atoms with E-state index < -0.39 is 21.8 Å². The van der Waals surface area contributed by atoms with Crippen molar-refractivity contribution in [1.82, 2.24) is 14.3 Å². The molecule has 0 radical (unpaired) electrons. The molecule has 0 unspecified atom stereocenters. The average molecular weight is 431 g/mol.